The molecule has 0 radical (unpaired) electrons. The summed E-state index contributed by atoms with van der Waals surface area (Å²) in [7, 11) is 0. The van der Waals surface area contributed by atoms with Gasteiger partial charge in [0.15, 0.2) is 0 Å². The molecule has 0 aromatic rings. The third-order valence-electron chi connectivity index (χ3n) is 6.23. The number of piperazine rings is 1. The SMILES string of the molecule is NC1CNCC(F)C1N1CCN(C(=O)C2CN3CCC2C3)CC1. The second-order valence-electron chi connectivity index (χ2n) is 7.60. The standard InChI is InChI=1S/C16H28FN5O/c17-13-7-19-8-14(18)15(13)21-3-5-22(6-4-21)16(23)12-10-20-2-1-11(12)9-20/h11-15,19H,1-10,18H2. The van der Waals surface area contributed by atoms with E-state index in [0.29, 0.717) is 38.0 Å². The Labute approximate surface area is 137 Å². The monoisotopic (exact) mass is 325 g/mol. The number of piperidine rings is 2. The van der Waals surface area contributed by atoms with Crippen LogP contribution in [0.25, 0.3) is 0 Å². The van der Waals surface area contributed by atoms with E-state index in [1.165, 1.54) is 6.42 Å². The molecule has 2 bridgehead atoms. The van der Waals surface area contributed by atoms with E-state index in [4.69, 9.17) is 5.73 Å². The van der Waals surface area contributed by atoms with Gasteiger partial charge < -0.3 is 20.9 Å². The van der Waals surface area contributed by atoms with Gasteiger partial charge in [-0.15, -0.1) is 0 Å². The van der Waals surface area contributed by atoms with Crippen LogP contribution in [-0.4, -0.2) is 97.8 Å². The van der Waals surface area contributed by atoms with Crippen LogP contribution in [0.1, 0.15) is 6.42 Å². The number of hydrogen-bond acceptors (Lipinski definition) is 5. The van der Waals surface area contributed by atoms with Gasteiger partial charge in [-0.3, -0.25) is 9.69 Å². The highest BCUT2D eigenvalue weighted by Crippen LogP contribution is 2.34. The number of hydrogen-bond donors (Lipinski definition) is 2. The number of nitrogens with one attached hydrogen (secondary N) is 1. The first-order valence-corrected chi connectivity index (χ1v) is 8.99. The largest absolute Gasteiger partial charge is 0.340 e. The Bertz CT molecular complexity index is 446. The lowest BCUT2D eigenvalue weighted by atomic mass is 9.91. The van der Waals surface area contributed by atoms with E-state index in [1.807, 2.05) is 4.90 Å². The molecule has 0 aromatic heterocycles. The summed E-state index contributed by atoms with van der Waals surface area (Å²) in [5, 5.41) is 3.04. The molecule has 1 amide bonds. The molecule has 4 rings (SSSR count). The van der Waals surface area contributed by atoms with Crippen LogP contribution in [0.15, 0.2) is 0 Å². The van der Waals surface area contributed by atoms with E-state index in [0.717, 1.165) is 32.7 Å². The van der Waals surface area contributed by atoms with Gasteiger partial charge >= 0.3 is 0 Å². The summed E-state index contributed by atoms with van der Waals surface area (Å²) in [6.07, 6.45) is 0.253. The van der Waals surface area contributed by atoms with E-state index in [-0.39, 0.29) is 18.0 Å². The first-order valence-electron chi connectivity index (χ1n) is 8.99. The summed E-state index contributed by atoms with van der Waals surface area (Å²) in [6, 6.07) is -0.374. The fourth-order valence-corrected chi connectivity index (χ4v) is 4.94. The molecule has 4 aliphatic heterocycles. The van der Waals surface area contributed by atoms with Crippen molar-refractivity contribution in [3.63, 3.8) is 0 Å². The average molecular weight is 325 g/mol. The number of fused-ring (bicyclic) bond motifs is 2. The normalized spacial score (nSPS) is 44.7. The van der Waals surface area contributed by atoms with Crippen molar-refractivity contribution in [2.75, 3.05) is 58.9 Å². The zero-order chi connectivity index (χ0) is 16.0. The van der Waals surface area contributed by atoms with Crippen molar-refractivity contribution in [1.29, 1.82) is 0 Å². The molecule has 0 spiro atoms. The van der Waals surface area contributed by atoms with E-state index in [1.54, 1.807) is 0 Å². The first-order chi connectivity index (χ1) is 11.1. The fraction of sp³-hybridized carbons (Fsp3) is 0.938. The lowest BCUT2D eigenvalue weighted by Gasteiger charge is -2.45. The number of nitrogens with two attached hydrogens (primary N) is 1. The summed E-state index contributed by atoms with van der Waals surface area (Å²) in [5.41, 5.74) is 6.11. The average Bonchev–Trinajstić information content (AvgIpc) is 3.18. The van der Waals surface area contributed by atoms with Crippen molar-refractivity contribution in [2.45, 2.75) is 24.7 Å². The van der Waals surface area contributed by atoms with Crippen molar-refractivity contribution in [1.82, 2.24) is 20.0 Å². The van der Waals surface area contributed by atoms with Gasteiger partial charge in [-0.25, -0.2) is 4.39 Å². The first kappa shape index (κ1) is 15.7. The van der Waals surface area contributed by atoms with Gasteiger partial charge in [0.2, 0.25) is 5.91 Å². The zero-order valence-corrected chi connectivity index (χ0v) is 13.7. The lowest BCUT2D eigenvalue weighted by Crippen LogP contribution is -2.66. The van der Waals surface area contributed by atoms with Crippen molar-refractivity contribution in [3.8, 4) is 0 Å². The molecule has 130 valence electrons. The smallest absolute Gasteiger partial charge is 0.227 e. The van der Waals surface area contributed by atoms with Crippen LogP contribution in [0.5, 0.6) is 0 Å². The Balaban J connectivity index is 1.33. The van der Waals surface area contributed by atoms with Crippen LogP contribution >= 0.6 is 0 Å². The Morgan fingerprint density at radius 1 is 1.09 bits per heavy atom. The van der Waals surface area contributed by atoms with Gasteiger partial charge in [-0.2, -0.15) is 0 Å². The molecule has 3 N–H and O–H groups in total. The fourth-order valence-electron chi connectivity index (χ4n) is 4.94. The molecule has 0 aromatic carbocycles. The van der Waals surface area contributed by atoms with Crippen molar-refractivity contribution in [2.24, 2.45) is 17.6 Å². The van der Waals surface area contributed by atoms with Crippen LogP contribution in [0.4, 0.5) is 4.39 Å². The van der Waals surface area contributed by atoms with E-state index in [2.05, 4.69) is 15.1 Å². The minimum atomic E-state index is -0.917. The molecule has 7 heteroatoms. The van der Waals surface area contributed by atoms with Crippen LogP contribution in [0, 0.1) is 11.8 Å². The molecular weight excluding hydrogens is 297 g/mol. The van der Waals surface area contributed by atoms with Crippen LogP contribution in [-0.2, 0) is 4.79 Å². The van der Waals surface area contributed by atoms with E-state index >= 15 is 0 Å². The number of halogens is 1. The van der Waals surface area contributed by atoms with Gasteiger partial charge in [0, 0.05) is 58.4 Å². The number of carbonyl (C=O) groups excluding carboxylic acids is 1. The highest BCUT2D eigenvalue weighted by Gasteiger charge is 2.44. The second-order valence-corrected chi connectivity index (χ2v) is 7.60. The number of nitrogens with zero attached hydrogens (tertiary/aromatic N) is 3. The molecule has 6 nitrogen and oxygen atoms in total. The predicted octanol–water partition coefficient (Wildman–Crippen LogP) is -1.28. The van der Waals surface area contributed by atoms with Crippen LogP contribution in [0.2, 0.25) is 0 Å². The summed E-state index contributed by atoms with van der Waals surface area (Å²) in [6.45, 7) is 7.17. The van der Waals surface area contributed by atoms with Gasteiger partial charge in [0.1, 0.15) is 6.17 Å². The molecule has 4 saturated heterocycles. The molecular formula is C16H28FN5O. The molecule has 0 aliphatic carbocycles. The third kappa shape index (κ3) is 2.88. The minimum absolute atomic E-state index is 0.167. The number of rotatable bonds is 2. The van der Waals surface area contributed by atoms with Crippen LogP contribution in [0.3, 0.4) is 0 Å². The molecule has 4 heterocycles. The lowest BCUT2D eigenvalue weighted by molar-refractivity contribution is -0.139. The molecule has 0 saturated carbocycles. The predicted molar refractivity (Wildman–Crippen MR) is 85.7 cm³/mol. The van der Waals surface area contributed by atoms with Gasteiger partial charge in [0.25, 0.3) is 0 Å². The Kier molecular flexibility index (Phi) is 4.30. The van der Waals surface area contributed by atoms with Crippen molar-refractivity contribution < 1.29 is 9.18 Å². The summed E-state index contributed by atoms with van der Waals surface area (Å²) in [5.74, 6) is 1.09. The minimum Gasteiger partial charge on any atom is -0.340 e. The van der Waals surface area contributed by atoms with E-state index in [9.17, 15) is 9.18 Å². The number of alkyl halides is 1. The second kappa shape index (κ2) is 6.27. The molecule has 6 unspecified atom stereocenters. The zero-order valence-electron chi connectivity index (χ0n) is 13.7. The van der Waals surface area contributed by atoms with Crippen LogP contribution < -0.4 is 11.1 Å². The van der Waals surface area contributed by atoms with Crippen molar-refractivity contribution >= 4 is 5.91 Å². The molecule has 6 atom stereocenters. The molecule has 23 heavy (non-hydrogen) atoms. The van der Waals surface area contributed by atoms with Gasteiger partial charge in [-0.05, 0) is 18.9 Å². The maximum atomic E-state index is 14.2. The van der Waals surface area contributed by atoms with E-state index < -0.39 is 6.17 Å². The maximum Gasteiger partial charge on any atom is 0.227 e. The topological polar surface area (TPSA) is 64.8 Å². The quantitative estimate of drug-likeness (QED) is 0.662. The summed E-state index contributed by atoms with van der Waals surface area (Å²) < 4.78 is 14.2. The number of amides is 1. The van der Waals surface area contributed by atoms with Gasteiger partial charge in [0.05, 0.1) is 12.0 Å². The van der Waals surface area contributed by atoms with Crippen molar-refractivity contribution in [3.05, 3.63) is 0 Å². The molecule has 4 fully saturated rings. The van der Waals surface area contributed by atoms with Gasteiger partial charge in [-0.1, -0.05) is 0 Å². The summed E-state index contributed by atoms with van der Waals surface area (Å²) in [4.78, 5) is 19.3. The highest BCUT2D eigenvalue weighted by atomic mass is 19.1. The molecule has 4 aliphatic rings. The number of carbonyl (C=O) groups is 1. The highest BCUT2D eigenvalue weighted by molar-refractivity contribution is 5.80. The summed E-state index contributed by atoms with van der Waals surface area (Å²) >= 11 is 0. The maximum absolute atomic E-state index is 14.2. The third-order valence-corrected chi connectivity index (χ3v) is 6.23. The Hall–Kier alpha value is -0.760. The Morgan fingerprint density at radius 2 is 1.87 bits per heavy atom. The Morgan fingerprint density at radius 3 is 2.48 bits per heavy atom.